The minimum atomic E-state index is -0.241. The van der Waals surface area contributed by atoms with Crippen LogP contribution in [0.5, 0.6) is 0 Å². The molecule has 16 heavy (non-hydrogen) atoms. The van der Waals surface area contributed by atoms with E-state index in [2.05, 4.69) is 22.6 Å². The Labute approximate surface area is 113 Å². The third-order valence-electron chi connectivity index (χ3n) is 2.30. The van der Waals surface area contributed by atoms with Crippen molar-refractivity contribution in [1.82, 2.24) is 0 Å². The third-order valence-corrected chi connectivity index (χ3v) is 3.48. The fourth-order valence-electron chi connectivity index (χ4n) is 1.49. The average Bonchev–Trinajstić information content (AvgIpc) is 2.29. The van der Waals surface area contributed by atoms with Gasteiger partial charge in [0.05, 0.1) is 5.38 Å². The van der Waals surface area contributed by atoms with E-state index in [0.717, 1.165) is 14.7 Å². The lowest BCUT2D eigenvalue weighted by atomic mass is 10.0. The molecule has 0 aliphatic heterocycles. The van der Waals surface area contributed by atoms with E-state index in [1.54, 1.807) is 12.1 Å². The highest BCUT2D eigenvalue weighted by molar-refractivity contribution is 14.1. The third kappa shape index (κ3) is 2.74. The summed E-state index contributed by atoms with van der Waals surface area (Å²) in [5, 5.41) is -0.227. The molecule has 82 valence electrons. The predicted molar refractivity (Wildman–Crippen MR) is 73.3 cm³/mol. The summed E-state index contributed by atoms with van der Waals surface area (Å²) in [6.07, 6.45) is 0. The lowest BCUT2D eigenvalue weighted by molar-refractivity contribution is 0.627. The quantitative estimate of drug-likeness (QED) is 0.543. The van der Waals surface area contributed by atoms with Gasteiger partial charge < -0.3 is 0 Å². The molecule has 0 radical (unpaired) electrons. The molecule has 0 bridgehead atoms. The Morgan fingerprint density at radius 2 is 1.69 bits per heavy atom. The fourth-order valence-corrected chi connectivity index (χ4v) is 2.34. The molecule has 0 spiro atoms. The molecule has 0 aliphatic rings. The van der Waals surface area contributed by atoms with Gasteiger partial charge in [0.15, 0.2) is 0 Å². The first-order chi connectivity index (χ1) is 7.66. The fraction of sp³-hybridized carbons (Fsp3) is 0.0769. The number of halogens is 3. The highest BCUT2D eigenvalue weighted by atomic mass is 127. The molecule has 0 saturated heterocycles. The molecule has 0 aromatic heterocycles. The van der Waals surface area contributed by atoms with Crippen LogP contribution in [0.4, 0.5) is 4.39 Å². The lowest BCUT2D eigenvalue weighted by Gasteiger charge is -2.10. The van der Waals surface area contributed by atoms with Gasteiger partial charge in [-0.2, -0.15) is 0 Å². The van der Waals surface area contributed by atoms with E-state index in [9.17, 15) is 4.39 Å². The summed E-state index contributed by atoms with van der Waals surface area (Å²) >= 11 is 8.57. The second kappa shape index (κ2) is 5.15. The van der Waals surface area contributed by atoms with Gasteiger partial charge in [-0.05, 0) is 58.0 Å². The molecule has 0 fully saturated rings. The summed E-state index contributed by atoms with van der Waals surface area (Å²) in [4.78, 5) is 0. The summed E-state index contributed by atoms with van der Waals surface area (Å²) in [6.45, 7) is 0. The minimum Gasteiger partial charge on any atom is -0.207 e. The normalized spacial score (nSPS) is 12.4. The number of hydrogen-bond acceptors (Lipinski definition) is 0. The maximum absolute atomic E-state index is 12.8. The van der Waals surface area contributed by atoms with Crippen LogP contribution in [0.25, 0.3) is 0 Å². The second-order valence-corrected chi connectivity index (χ2v) is 5.15. The van der Waals surface area contributed by atoms with Crippen LogP contribution >= 0.6 is 34.2 Å². The number of alkyl halides is 1. The molecule has 2 rings (SSSR count). The molecule has 0 heterocycles. The van der Waals surface area contributed by atoms with Crippen molar-refractivity contribution in [2.75, 3.05) is 0 Å². The topological polar surface area (TPSA) is 0 Å². The summed E-state index contributed by atoms with van der Waals surface area (Å²) in [7, 11) is 0. The van der Waals surface area contributed by atoms with E-state index in [-0.39, 0.29) is 11.2 Å². The zero-order valence-corrected chi connectivity index (χ0v) is 11.2. The smallest absolute Gasteiger partial charge is 0.123 e. The van der Waals surface area contributed by atoms with Crippen molar-refractivity contribution in [1.29, 1.82) is 0 Å². The molecule has 0 N–H and O–H groups in total. The number of benzene rings is 2. The van der Waals surface area contributed by atoms with Crippen molar-refractivity contribution in [2.45, 2.75) is 5.38 Å². The van der Waals surface area contributed by atoms with Gasteiger partial charge in [0, 0.05) is 3.57 Å². The zero-order valence-electron chi connectivity index (χ0n) is 8.33. The van der Waals surface area contributed by atoms with Gasteiger partial charge in [-0.3, -0.25) is 0 Å². The van der Waals surface area contributed by atoms with Crippen LogP contribution in [0.15, 0.2) is 48.5 Å². The lowest BCUT2D eigenvalue weighted by Crippen LogP contribution is -1.93. The average molecular weight is 347 g/mol. The minimum absolute atomic E-state index is 0.227. The molecule has 2 aromatic carbocycles. The molecule has 1 atom stereocenters. The molecule has 0 amide bonds. The molecule has 0 nitrogen and oxygen atoms in total. The summed E-state index contributed by atoms with van der Waals surface area (Å²) in [6, 6.07) is 14.3. The SMILES string of the molecule is Fc1ccc(C(Cl)c2cccc(I)c2)cc1. The highest BCUT2D eigenvalue weighted by Crippen LogP contribution is 2.29. The van der Waals surface area contributed by atoms with Gasteiger partial charge in [0.2, 0.25) is 0 Å². The maximum atomic E-state index is 12.8. The highest BCUT2D eigenvalue weighted by Gasteiger charge is 2.10. The van der Waals surface area contributed by atoms with Gasteiger partial charge >= 0.3 is 0 Å². The van der Waals surface area contributed by atoms with Gasteiger partial charge in [0.1, 0.15) is 5.82 Å². The first-order valence-electron chi connectivity index (χ1n) is 4.82. The van der Waals surface area contributed by atoms with Crippen molar-refractivity contribution in [2.24, 2.45) is 0 Å². The van der Waals surface area contributed by atoms with E-state index >= 15 is 0 Å². The summed E-state index contributed by atoms with van der Waals surface area (Å²) in [5.41, 5.74) is 1.94. The van der Waals surface area contributed by atoms with Crippen LogP contribution < -0.4 is 0 Å². The summed E-state index contributed by atoms with van der Waals surface area (Å²) in [5.74, 6) is -0.241. The Balaban J connectivity index is 2.31. The van der Waals surface area contributed by atoms with Crippen molar-refractivity contribution in [3.05, 3.63) is 69.0 Å². The van der Waals surface area contributed by atoms with Crippen LogP contribution in [0.2, 0.25) is 0 Å². The monoisotopic (exact) mass is 346 g/mol. The van der Waals surface area contributed by atoms with Crippen LogP contribution in [0, 0.1) is 9.39 Å². The molecule has 1 unspecified atom stereocenters. The Morgan fingerprint density at radius 3 is 2.31 bits per heavy atom. The van der Waals surface area contributed by atoms with Crippen molar-refractivity contribution in [3.8, 4) is 0 Å². The first kappa shape index (κ1) is 11.9. The van der Waals surface area contributed by atoms with E-state index < -0.39 is 0 Å². The van der Waals surface area contributed by atoms with Gasteiger partial charge in [-0.25, -0.2) is 4.39 Å². The first-order valence-corrected chi connectivity index (χ1v) is 6.33. The largest absolute Gasteiger partial charge is 0.207 e. The molecular weight excluding hydrogens is 337 g/mol. The Kier molecular flexibility index (Phi) is 3.82. The van der Waals surface area contributed by atoms with Crippen molar-refractivity contribution in [3.63, 3.8) is 0 Å². The van der Waals surface area contributed by atoms with Gasteiger partial charge in [-0.1, -0.05) is 24.3 Å². The predicted octanol–water partition coefficient (Wildman–Crippen LogP) is 4.76. The molecule has 0 saturated carbocycles. The van der Waals surface area contributed by atoms with E-state index in [1.165, 1.54) is 12.1 Å². The molecule has 0 aliphatic carbocycles. The van der Waals surface area contributed by atoms with E-state index in [1.807, 2.05) is 24.3 Å². The van der Waals surface area contributed by atoms with Crippen LogP contribution in [0.3, 0.4) is 0 Å². The van der Waals surface area contributed by atoms with Crippen LogP contribution in [-0.4, -0.2) is 0 Å². The summed E-state index contributed by atoms with van der Waals surface area (Å²) < 4.78 is 13.9. The van der Waals surface area contributed by atoms with Gasteiger partial charge in [0.25, 0.3) is 0 Å². The van der Waals surface area contributed by atoms with Crippen molar-refractivity contribution >= 4 is 34.2 Å². The standard InChI is InChI=1S/C13H9ClFI/c14-13(9-4-6-11(15)7-5-9)10-2-1-3-12(16)8-10/h1-8,13H. The molecule has 3 heteroatoms. The second-order valence-electron chi connectivity index (χ2n) is 3.47. The zero-order chi connectivity index (χ0) is 11.5. The Morgan fingerprint density at radius 1 is 1.00 bits per heavy atom. The Bertz CT molecular complexity index is 482. The van der Waals surface area contributed by atoms with Crippen LogP contribution in [0.1, 0.15) is 16.5 Å². The van der Waals surface area contributed by atoms with E-state index in [4.69, 9.17) is 11.6 Å². The maximum Gasteiger partial charge on any atom is 0.123 e. The van der Waals surface area contributed by atoms with Crippen molar-refractivity contribution < 1.29 is 4.39 Å². The molecular formula is C13H9ClFI. The molecule has 2 aromatic rings. The number of rotatable bonds is 2. The van der Waals surface area contributed by atoms with Gasteiger partial charge in [-0.15, -0.1) is 11.6 Å². The van der Waals surface area contributed by atoms with Crippen LogP contribution in [-0.2, 0) is 0 Å². The number of hydrogen-bond donors (Lipinski definition) is 0. The van der Waals surface area contributed by atoms with E-state index in [0.29, 0.717) is 0 Å². The Hall–Kier alpha value is -0.610.